The van der Waals surface area contributed by atoms with Gasteiger partial charge in [-0.05, 0) is 31.2 Å². The van der Waals surface area contributed by atoms with E-state index in [1.165, 1.54) is 12.1 Å². The lowest BCUT2D eigenvalue weighted by Crippen LogP contribution is -2.01. The lowest BCUT2D eigenvalue weighted by molar-refractivity contribution is 0.487. The van der Waals surface area contributed by atoms with Crippen LogP contribution in [0.1, 0.15) is 11.5 Å². The van der Waals surface area contributed by atoms with E-state index in [1.54, 1.807) is 6.07 Å². The van der Waals surface area contributed by atoms with Gasteiger partial charge in [0.15, 0.2) is 11.6 Å². The third-order valence-corrected chi connectivity index (χ3v) is 2.20. The van der Waals surface area contributed by atoms with Crippen LogP contribution >= 0.6 is 0 Å². The van der Waals surface area contributed by atoms with Crippen LogP contribution in [-0.2, 0) is 6.54 Å². The Kier molecular flexibility index (Phi) is 2.90. The summed E-state index contributed by atoms with van der Waals surface area (Å²) < 4.78 is 31.4. The number of furan rings is 1. The van der Waals surface area contributed by atoms with Gasteiger partial charge in [-0.25, -0.2) is 8.78 Å². The third kappa shape index (κ3) is 2.21. The lowest BCUT2D eigenvalue weighted by atomic mass is 10.3. The molecule has 0 fully saturated rings. The van der Waals surface area contributed by atoms with Crippen molar-refractivity contribution in [2.24, 2.45) is 0 Å². The summed E-state index contributed by atoms with van der Waals surface area (Å²) in [4.78, 5) is 0. The topological polar surface area (TPSA) is 25.2 Å². The standard InChI is InChI=1S/C12H11F2NO/c1-8-5-6-9(16-8)7-15-11-4-2-3-10(13)12(11)14/h2-6,15H,7H2,1H3. The molecule has 1 aromatic carbocycles. The average Bonchev–Trinajstić information content (AvgIpc) is 2.67. The van der Waals surface area contributed by atoms with Crippen molar-refractivity contribution < 1.29 is 13.2 Å². The molecule has 0 aliphatic carbocycles. The summed E-state index contributed by atoms with van der Waals surface area (Å²) in [7, 11) is 0. The Labute approximate surface area is 91.9 Å². The molecule has 4 heteroatoms. The molecular weight excluding hydrogens is 212 g/mol. The van der Waals surface area contributed by atoms with Crippen LogP contribution in [0.5, 0.6) is 0 Å². The van der Waals surface area contributed by atoms with Gasteiger partial charge in [0.05, 0.1) is 12.2 Å². The highest BCUT2D eigenvalue weighted by Gasteiger charge is 2.07. The number of rotatable bonds is 3. The van der Waals surface area contributed by atoms with Gasteiger partial charge in [0.25, 0.3) is 0 Å². The van der Waals surface area contributed by atoms with Gasteiger partial charge in [0.2, 0.25) is 0 Å². The van der Waals surface area contributed by atoms with Crippen molar-refractivity contribution in [3.8, 4) is 0 Å². The zero-order valence-electron chi connectivity index (χ0n) is 8.76. The van der Waals surface area contributed by atoms with E-state index in [1.807, 2.05) is 13.0 Å². The van der Waals surface area contributed by atoms with Crippen LogP contribution in [0.2, 0.25) is 0 Å². The van der Waals surface area contributed by atoms with E-state index in [4.69, 9.17) is 4.42 Å². The lowest BCUT2D eigenvalue weighted by Gasteiger charge is -2.05. The van der Waals surface area contributed by atoms with Crippen LogP contribution in [0.4, 0.5) is 14.5 Å². The second-order valence-electron chi connectivity index (χ2n) is 3.47. The summed E-state index contributed by atoms with van der Waals surface area (Å²) in [5, 5.41) is 2.77. The van der Waals surface area contributed by atoms with Gasteiger partial charge in [-0.2, -0.15) is 0 Å². The fourth-order valence-electron chi connectivity index (χ4n) is 1.40. The first-order valence-electron chi connectivity index (χ1n) is 4.90. The maximum absolute atomic E-state index is 13.2. The molecule has 2 aromatic rings. The average molecular weight is 223 g/mol. The summed E-state index contributed by atoms with van der Waals surface area (Å²) in [6, 6.07) is 7.62. The minimum Gasteiger partial charge on any atom is -0.465 e. The van der Waals surface area contributed by atoms with Gasteiger partial charge in [-0.3, -0.25) is 0 Å². The zero-order valence-corrected chi connectivity index (χ0v) is 8.76. The van der Waals surface area contributed by atoms with Crippen LogP contribution in [0.15, 0.2) is 34.7 Å². The van der Waals surface area contributed by atoms with E-state index in [9.17, 15) is 8.78 Å². The number of aryl methyl sites for hydroxylation is 1. The van der Waals surface area contributed by atoms with E-state index >= 15 is 0 Å². The second-order valence-corrected chi connectivity index (χ2v) is 3.47. The Bertz CT molecular complexity index is 494. The van der Waals surface area contributed by atoms with E-state index in [-0.39, 0.29) is 5.69 Å². The Balaban J connectivity index is 2.07. The molecule has 0 aliphatic rings. The van der Waals surface area contributed by atoms with Crippen molar-refractivity contribution in [1.29, 1.82) is 0 Å². The van der Waals surface area contributed by atoms with Crippen molar-refractivity contribution in [1.82, 2.24) is 0 Å². The molecule has 1 N–H and O–H groups in total. The number of nitrogens with one attached hydrogen (secondary N) is 1. The van der Waals surface area contributed by atoms with Crippen molar-refractivity contribution >= 4 is 5.69 Å². The van der Waals surface area contributed by atoms with Crippen molar-refractivity contribution in [3.05, 3.63) is 53.5 Å². The van der Waals surface area contributed by atoms with Crippen molar-refractivity contribution in [2.45, 2.75) is 13.5 Å². The van der Waals surface area contributed by atoms with E-state index in [0.717, 1.165) is 11.8 Å². The summed E-state index contributed by atoms with van der Waals surface area (Å²) in [5.74, 6) is -0.260. The van der Waals surface area contributed by atoms with Crippen molar-refractivity contribution in [2.75, 3.05) is 5.32 Å². The highest BCUT2D eigenvalue weighted by Crippen LogP contribution is 2.17. The smallest absolute Gasteiger partial charge is 0.181 e. The number of hydrogen-bond acceptors (Lipinski definition) is 2. The summed E-state index contributed by atoms with van der Waals surface area (Å²) in [6.07, 6.45) is 0. The minimum atomic E-state index is -0.870. The second kappa shape index (κ2) is 4.35. The first-order valence-corrected chi connectivity index (χ1v) is 4.90. The summed E-state index contributed by atoms with van der Waals surface area (Å²) in [5.41, 5.74) is 0.133. The van der Waals surface area contributed by atoms with Crippen molar-refractivity contribution in [3.63, 3.8) is 0 Å². The molecule has 84 valence electrons. The first-order chi connectivity index (χ1) is 7.66. The molecule has 0 saturated heterocycles. The largest absolute Gasteiger partial charge is 0.465 e. The minimum absolute atomic E-state index is 0.133. The zero-order chi connectivity index (χ0) is 11.5. The fraction of sp³-hybridized carbons (Fsp3) is 0.167. The predicted molar refractivity (Wildman–Crippen MR) is 57.1 cm³/mol. The highest BCUT2D eigenvalue weighted by atomic mass is 19.2. The normalized spacial score (nSPS) is 10.4. The Hall–Kier alpha value is -1.84. The van der Waals surface area contributed by atoms with Gasteiger partial charge >= 0.3 is 0 Å². The van der Waals surface area contributed by atoms with E-state index in [0.29, 0.717) is 12.3 Å². The molecule has 0 spiro atoms. The molecule has 1 heterocycles. The van der Waals surface area contributed by atoms with Crippen LogP contribution in [0, 0.1) is 18.6 Å². The Morgan fingerprint density at radius 2 is 2.00 bits per heavy atom. The molecule has 0 atom stereocenters. The highest BCUT2D eigenvalue weighted by molar-refractivity contribution is 5.45. The maximum atomic E-state index is 13.2. The maximum Gasteiger partial charge on any atom is 0.181 e. The molecule has 2 nitrogen and oxygen atoms in total. The molecule has 0 saturated carbocycles. The molecule has 1 aromatic heterocycles. The molecule has 0 amide bonds. The SMILES string of the molecule is Cc1ccc(CNc2cccc(F)c2F)o1. The molecule has 2 rings (SSSR count). The number of hydrogen-bond donors (Lipinski definition) is 1. The van der Waals surface area contributed by atoms with Crippen LogP contribution in [0.25, 0.3) is 0 Å². The van der Waals surface area contributed by atoms with Crippen LogP contribution in [-0.4, -0.2) is 0 Å². The molecular formula is C12H11F2NO. The molecule has 0 bridgehead atoms. The number of anilines is 1. The van der Waals surface area contributed by atoms with Gasteiger partial charge in [0, 0.05) is 0 Å². The third-order valence-electron chi connectivity index (χ3n) is 2.20. The van der Waals surface area contributed by atoms with E-state index < -0.39 is 11.6 Å². The summed E-state index contributed by atoms with van der Waals surface area (Å²) in [6.45, 7) is 2.15. The predicted octanol–water partition coefficient (Wildman–Crippen LogP) is 3.48. The van der Waals surface area contributed by atoms with Crippen LogP contribution < -0.4 is 5.32 Å². The van der Waals surface area contributed by atoms with Gasteiger partial charge < -0.3 is 9.73 Å². The number of benzene rings is 1. The van der Waals surface area contributed by atoms with Gasteiger partial charge in [-0.15, -0.1) is 0 Å². The van der Waals surface area contributed by atoms with Crippen LogP contribution in [0.3, 0.4) is 0 Å². The monoisotopic (exact) mass is 223 g/mol. The number of halogens is 2. The molecule has 0 unspecified atom stereocenters. The Morgan fingerprint density at radius 1 is 1.19 bits per heavy atom. The molecule has 16 heavy (non-hydrogen) atoms. The molecule has 0 aliphatic heterocycles. The first kappa shape index (κ1) is 10.7. The summed E-state index contributed by atoms with van der Waals surface area (Å²) >= 11 is 0. The molecule has 0 radical (unpaired) electrons. The van der Waals surface area contributed by atoms with Gasteiger partial charge in [0.1, 0.15) is 11.5 Å². The fourth-order valence-corrected chi connectivity index (χ4v) is 1.40. The Morgan fingerprint density at radius 3 is 2.69 bits per heavy atom. The van der Waals surface area contributed by atoms with Gasteiger partial charge in [-0.1, -0.05) is 6.07 Å². The quantitative estimate of drug-likeness (QED) is 0.861. The van der Waals surface area contributed by atoms with E-state index in [2.05, 4.69) is 5.32 Å².